The molecule has 1 amide bonds. The Morgan fingerprint density at radius 2 is 2.13 bits per heavy atom. The molecule has 7 heteroatoms. The molecule has 1 aliphatic rings. The Labute approximate surface area is 180 Å². The SMILES string of the molecule is [C-]#[N+]c1cccc(-n2nc(C)cc2C(=O)Nc2cc(C(N)CCC3CC3)ccc2F)c1. The van der Waals surface area contributed by atoms with E-state index < -0.39 is 11.7 Å². The summed E-state index contributed by atoms with van der Waals surface area (Å²) in [6, 6.07) is 12.9. The molecule has 0 bridgehead atoms. The summed E-state index contributed by atoms with van der Waals surface area (Å²) in [4.78, 5) is 16.4. The molecule has 1 heterocycles. The van der Waals surface area contributed by atoms with Crippen LogP contribution in [0.15, 0.2) is 48.5 Å². The summed E-state index contributed by atoms with van der Waals surface area (Å²) in [7, 11) is 0. The highest BCUT2D eigenvalue weighted by molar-refractivity contribution is 6.03. The predicted molar refractivity (Wildman–Crippen MR) is 118 cm³/mol. The molecular weight excluding hydrogens is 393 g/mol. The molecule has 3 N–H and O–H groups in total. The molecule has 3 aromatic rings. The Morgan fingerprint density at radius 1 is 1.32 bits per heavy atom. The van der Waals surface area contributed by atoms with Gasteiger partial charge < -0.3 is 11.1 Å². The van der Waals surface area contributed by atoms with Gasteiger partial charge in [-0.25, -0.2) is 13.9 Å². The third-order valence-electron chi connectivity index (χ3n) is 5.52. The number of nitrogens with two attached hydrogens (primary N) is 1. The summed E-state index contributed by atoms with van der Waals surface area (Å²) in [5.74, 6) is -0.240. The second-order valence-corrected chi connectivity index (χ2v) is 8.04. The van der Waals surface area contributed by atoms with E-state index in [2.05, 4.69) is 15.3 Å². The van der Waals surface area contributed by atoms with Crippen LogP contribution in [0.3, 0.4) is 0 Å². The molecule has 2 aromatic carbocycles. The topological polar surface area (TPSA) is 77.3 Å². The Morgan fingerprint density at radius 3 is 2.87 bits per heavy atom. The van der Waals surface area contributed by atoms with Gasteiger partial charge in [0, 0.05) is 6.04 Å². The third-order valence-corrected chi connectivity index (χ3v) is 5.52. The number of carbonyl (C=O) groups is 1. The number of rotatable bonds is 7. The zero-order valence-electron chi connectivity index (χ0n) is 17.3. The van der Waals surface area contributed by atoms with Crippen molar-refractivity contribution in [2.75, 3.05) is 5.32 Å². The highest BCUT2D eigenvalue weighted by Gasteiger charge is 2.23. The van der Waals surface area contributed by atoms with Gasteiger partial charge in [0.1, 0.15) is 11.5 Å². The Kier molecular flexibility index (Phi) is 5.83. The van der Waals surface area contributed by atoms with E-state index in [4.69, 9.17) is 12.3 Å². The number of aryl methyl sites for hydroxylation is 1. The van der Waals surface area contributed by atoms with Crippen molar-refractivity contribution < 1.29 is 9.18 Å². The molecular formula is C24H24FN5O. The zero-order chi connectivity index (χ0) is 22.0. The molecule has 0 spiro atoms. The Balaban J connectivity index is 1.57. The van der Waals surface area contributed by atoms with Gasteiger partial charge in [0.25, 0.3) is 5.91 Å². The van der Waals surface area contributed by atoms with Gasteiger partial charge in [0.15, 0.2) is 5.69 Å². The molecule has 158 valence electrons. The van der Waals surface area contributed by atoms with Crippen molar-refractivity contribution in [3.63, 3.8) is 0 Å². The maximum Gasteiger partial charge on any atom is 0.274 e. The van der Waals surface area contributed by atoms with Gasteiger partial charge in [-0.2, -0.15) is 5.10 Å². The smallest absolute Gasteiger partial charge is 0.274 e. The van der Waals surface area contributed by atoms with Crippen molar-refractivity contribution >= 4 is 17.3 Å². The largest absolute Gasteiger partial charge is 0.324 e. The van der Waals surface area contributed by atoms with Crippen molar-refractivity contribution in [1.29, 1.82) is 0 Å². The van der Waals surface area contributed by atoms with Gasteiger partial charge >= 0.3 is 0 Å². The molecule has 1 aromatic heterocycles. The first-order valence-corrected chi connectivity index (χ1v) is 10.4. The molecule has 0 radical (unpaired) electrons. The maximum atomic E-state index is 14.4. The van der Waals surface area contributed by atoms with Crippen molar-refractivity contribution in [3.05, 3.63) is 82.7 Å². The number of hydrogen-bond acceptors (Lipinski definition) is 3. The van der Waals surface area contributed by atoms with Crippen LogP contribution in [0, 0.1) is 25.2 Å². The number of benzene rings is 2. The van der Waals surface area contributed by atoms with E-state index in [-0.39, 0.29) is 17.4 Å². The van der Waals surface area contributed by atoms with Crippen molar-refractivity contribution in [3.8, 4) is 5.69 Å². The van der Waals surface area contributed by atoms with Crippen LogP contribution >= 0.6 is 0 Å². The van der Waals surface area contributed by atoms with E-state index in [1.807, 2.05) is 0 Å². The lowest BCUT2D eigenvalue weighted by Gasteiger charge is -2.15. The van der Waals surface area contributed by atoms with Crippen LogP contribution in [0.2, 0.25) is 0 Å². The summed E-state index contributed by atoms with van der Waals surface area (Å²) in [6.45, 7) is 8.96. The lowest BCUT2D eigenvalue weighted by Crippen LogP contribution is -2.18. The average Bonchev–Trinajstić information content (AvgIpc) is 3.52. The number of anilines is 1. The normalized spacial score (nSPS) is 14.1. The lowest BCUT2D eigenvalue weighted by molar-refractivity contribution is 0.101. The fourth-order valence-electron chi connectivity index (χ4n) is 3.60. The summed E-state index contributed by atoms with van der Waals surface area (Å²) in [5.41, 5.74) is 9.09. The number of amides is 1. The second kappa shape index (κ2) is 8.70. The van der Waals surface area contributed by atoms with E-state index in [9.17, 15) is 9.18 Å². The summed E-state index contributed by atoms with van der Waals surface area (Å²) in [6.07, 6.45) is 4.45. The van der Waals surface area contributed by atoms with E-state index >= 15 is 0 Å². The molecule has 1 saturated carbocycles. The van der Waals surface area contributed by atoms with Crippen LogP contribution < -0.4 is 11.1 Å². The minimum Gasteiger partial charge on any atom is -0.324 e. The fraction of sp³-hybridized carbons (Fsp3) is 0.292. The van der Waals surface area contributed by atoms with Crippen molar-refractivity contribution in [1.82, 2.24) is 9.78 Å². The van der Waals surface area contributed by atoms with Crippen LogP contribution in [0.4, 0.5) is 15.8 Å². The molecule has 1 atom stereocenters. The molecule has 1 fully saturated rings. The minimum atomic E-state index is -0.524. The maximum absolute atomic E-state index is 14.4. The van der Waals surface area contributed by atoms with Crippen LogP contribution in [-0.4, -0.2) is 15.7 Å². The van der Waals surface area contributed by atoms with E-state index in [1.165, 1.54) is 23.6 Å². The number of carbonyl (C=O) groups excluding carboxylic acids is 1. The van der Waals surface area contributed by atoms with Gasteiger partial charge in [-0.3, -0.25) is 4.79 Å². The third kappa shape index (κ3) is 4.81. The predicted octanol–water partition coefficient (Wildman–Crippen LogP) is 5.31. The van der Waals surface area contributed by atoms with Gasteiger partial charge in [0.05, 0.1) is 23.6 Å². The molecule has 6 nitrogen and oxygen atoms in total. The number of aromatic nitrogens is 2. The monoisotopic (exact) mass is 417 g/mol. The fourth-order valence-corrected chi connectivity index (χ4v) is 3.60. The molecule has 0 saturated heterocycles. The van der Waals surface area contributed by atoms with Gasteiger partial charge in [0.2, 0.25) is 0 Å². The van der Waals surface area contributed by atoms with E-state index in [0.29, 0.717) is 17.1 Å². The molecule has 31 heavy (non-hydrogen) atoms. The van der Waals surface area contributed by atoms with Gasteiger partial charge in [-0.1, -0.05) is 31.0 Å². The Bertz CT molecular complexity index is 1160. The second-order valence-electron chi connectivity index (χ2n) is 8.04. The van der Waals surface area contributed by atoms with Crippen molar-refractivity contribution in [2.45, 2.75) is 38.6 Å². The van der Waals surface area contributed by atoms with Crippen LogP contribution in [0.5, 0.6) is 0 Å². The van der Waals surface area contributed by atoms with Crippen LogP contribution in [0.1, 0.15) is 53.5 Å². The number of hydrogen-bond donors (Lipinski definition) is 2. The quantitative estimate of drug-likeness (QED) is 0.511. The average molecular weight is 417 g/mol. The van der Waals surface area contributed by atoms with Crippen LogP contribution in [0.25, 0.3) is 10.5 Å². The summed E-state index contributed by atoms with van der Waals surface area (Å²) < 4.78 is 15.9. The summed E-state index contributed by atoms with van der Waals surface area (Å²) >= 11 is 0. The van der Waals surface area contributed by atoms with Gasteiger partial charge in [-0.15, -0.1) is 0 Å². The Hall–Kier alpha value is -3.50. The minimum absolute atomic E-state index is 0.0877. The molecule has 1 aliphatic carbocycles. The zero-order valence-corrected chi connectivity index (χ0v) is 17.3. The molecule has 0 aliphatic heterocycles. The number of nitrogens with one attached hydrogen (secondary N) is 1. The summed E-state index contributed by atoms with van der Waals surface area (Å²) in [5, 5.41) is 7.03. The highest BCUT2D eigenvalue weighted by Crippen LogP contribution is 2.35. The van der Waals surface area contributed by atoms with Gasteiger partial charge in [-0.05, 0) is 61.6 Å². The highest BCUT2D eigenvalue weighted by atomic mass is 19.1. The van der Waals surface area contributed by atoms with E-state index in [1.54, 1.807) is 49.4 Å². The first-order chi connectivity index (χ1) is 14.9. The van der Waals surface area contributed by atoms with Crippen molar-refractivity contribution in [2.24, 2.45) is 11.7 Å². The van der Waals surface area contributed by atoms with Crippen LogP contribution in [-0.2, 0) is 0 Å². The first-order valence-electron chi connectivity index (χ1n) is 10.4. The first kappa shape index (κ1) is 20.8. The lowest BCUT2D eigenvalue weighted by atomic mass is 10.0. The molecule has 1 unspecified atom stereocenters. The number of nitrogens with zero attached hydrogens (tertiary/aromatic N) is 3. The standard InChI is InChI=1S/C24H24FN5O/c1-15-12-23(30(29-15)19-5-3-4-18(14-19)27-2)24(31)28-22-13-17(9-10-20(22)25)21(26)11-8-16-6-7-16/h3-5,9-10,12-14,16,21H,6-8,11,26H2,1H3,(H,28,31). The number of halogens is 1. The van der Waals surface area contributed by atoms with E-state index in [0.717, 1.165) is 24.3 Å². The molecule has 4 rings (SSSR count).